The Labute approximate surface area is 230 Å². The van der Waals surface area contributed by atoms with E-state index in [1.807, 2.05) is 36.4 Å². The molecule has 0 saturated heterocycles. The summed E-state index contributed by atoms with van der Waals surface area (Å²) in [4.78, 5) is 29.7. The Morgan fingerprint density at radius 3 is 2.67 bits per heavy atom. The van der Waals surface area contributed by atoms with Crippen molar-refractivity contribution in [3.8, 4) is 17.0 Å². The van der Waals surface area contributed by atoms with Gasteiger partial charge in [-0.1, -0.05) is 42.5 Å². The number of carbonyl (C=O) groups is 2. The molecule has 1 atom stereocenters. The third-order valence-electron chi connectivity index (χ3n) is 7.09. The molecule has 4 N–H and O–H groups in total. The van der Waals surface area contributed by atoms with Gasteiger partial charge in [-0.2, -0.15) is 5.10 Å². The fourth-order valence-electron chi connectivity index (χ4n) is 5.19. The summed E-state index contributed by atoms with van der Waals surface area (Å²) < 4.78 is 21.4. The van der Waals surface area contributed by atoms with Gasteiger partial charge in [0.05, 0.1) is 30.5 Å². The van der Waals surface area contributed by atoms with Crippen molar-refractivity contribution in [3.05, 3.63) is 94.6 Å². The fraction of sp³-hybridized carbons (Fsp3) is 0.267. The summed E-state index contributed by atoms with van der Waals surface area (Å²) >= 11 is 0. The molecule has 206 valence electrons. The van der Waals surface area contributed by atoms with Gasteiger partial charge in [0, 0.05) is 36.7 Å². The summed E-state index contributed by atoms with van der Waals surface area (Å²) in [6, 6.07) is 17.5. The number of nitrogens with one attached hydrogen (secondary N) is 1. The van der Waals surface area contributed by atoms with E-state index < -0.39 is 30.0 Å². The van der Waals surface area contributed by atoms with Crippen molar-refractivity contribution in [2.45, 2.75) is 38.1 Å². The Balaban J connectivity index is 1.61. The zero-order chi connectivity index (χ0) is 28.2. The number of pyridine rings is 1. The highest BCUT2D eigenvalue weighted by Crippen LogP contribution is 2.36. The van der Waals surface area contributed by atoms with E-state index in [9.17, 15) is 19.1 Å². The van der Waals surface area contributed by atoms with Crippen LogP contribution < -0.4 is 15.8 Å². The lowest BCUT2D eigenvalue weighted by Gasteiger charge is -2.17. The number of hydrogen-bond donors (Lipinski definition) is 3. The van der Waals surface area contributed by atoms with Crippen LogP contribution in [0, 0.1) is 5.82 Å². The first-order valence-electron chi connectivity index (χ1n) is 13.1. The maximum Gasteiger partial charge on any atom is 0.304 e. The molecule has 10 heteroatoms. The van der Waals surface area contributed by atoms with Gasteiger partial charge in [-0.25, -0.2) is 9.37 Å². The SMILES string of the molecule is COc1ccc([C@H](CC(=O)O)c2nn(CCc3ccc4c(n3)NCCC4)c(-c3ccccc3)c2C(N)=O)cc1F. The minimum atomic E-state index is -1.13. The fourth-order valence-corrected chi connectivity index (χ4v) is 5.19. The van der Waals surface area contributed by atoms with Crippen LogP contribution in [0.4, 0.5) is 10.2 Å². The molecule has 0 unspecified atom stereocenters. The number of aromatic nitrogens is 3. The van der Waals surface area contributed by atoms with E-state index in [1.54, 1.807) is 10.7 Å². The van der Waals surface area contributed by atoms with Crippen LogP contribution in [0.3, 0.4) is 0 Å². The monoisotopic (exact) mass is 543 g/mol. The van der Waals surface area contributed by atoms with Crippen LogP contribution in [-0.2, 0) is 24.2 Å². The summed E-state index contributed by atoms with van der Waals surface area (Å²) in [5.74, 6) is -2.55. The number of halogens is 1. The smallest absolute Gasteiger partial charge is 0.304 e. The van der Waals surface area contributed by atoms with E-state index in [0.717, 1.165) is 30.9 Å². The lowest BCUT2D eigenvalue weighted by Crippen LogP contribution is -2.18. The van der Waals surface area contributed by atoms with Gasteiger partial charge in [-0.3, -0.25) is 14.3 Å². The van der Waals surface area contributed by atoms with Crippen molar-refractivity contribution < 1.29 is 23.8 Å². The topological polar surface area (TPSA) is 132 Å². The highest BCUT2D eigenvalue weighted by atomic mass is 19.1. The Bertz CT molecular complexity index is 1550. The quantitative estimate of drug-likeness (QED) is 0.270. The number of nitrogens with zero attached hydrogens (tertiary/aromatic N) is 3. The number of nitrogens with two attached hydrogens (primary N) is 1. The second-order valence-corrected chi connectivity index (χ2v) is 9.70. The van der Waals surface area contributed by atoms with Crippen molar-refractivity contribution in [1.82, 2.24) is 14.8 Å². The number of anilines is 1. The summed E-state index contributed by atoms with van der Waals surface area (Å²) in [5, 5.41) is 17.9. The Morgan fingerprint density at radius 2 is 1.98 bits per heavy atom. The number of carbonyl (C=O) groups excluding carboxylic acids is 1. The van der Waals surface area contributed by atoms with Gasteiger partial charge in [0.25, 0.3) is 5.91 Å². The number of amides is 1. The highest BCUT2D eigenvalue weighted by Gasteiger charge is 2.31. The van der Waals surface area contributed by atoms with Gasteiger partial charge in [-0.15, -0.1) is 0 Å². The Hall–Kier alpha value is -4.73. The highest BCUT2D eigenvalue weighted by molar-refractivity contribution is 6.00. The summed E-state index contributed by atoms with van der Waals surface area (Å²) in [5.41, 5.74) is 9.75. The average Bonchev–Trinajstić information content (AvgIpc) is 3.34. The van der Waals surface area contributed by atoms with Crippen molar-refractivity contribution >= 4 is 17.7 Å². The Morgan fingerprint density at radius 1 is 1.18 bits per heavy atom. The largest absolute Gasteiger partial charge is 0.494 e. The molecule has 2 aromatic heterocycles. The van der Waals surface area contributed by atoms with Crippen LogP contribution >= 0.6 is 0 Å². The van der Waals surface area contributed by atoms with E-state index in [-0.39, 0.29) is 17.0 Å². The first-order chi connectivity index (χ1) is 19.4. The molecule has 0 spiro atoms. The summed E-state index contributed by atoms with van der Waals surface area (Å²) in [6.45, 7) is 1.23. The zero-order valence-electron chi connectivity index (χ0n) is 22.1. The third-order valence-corrected chi connectivity index (χ3v) is 7.09. The molecule has 1 amide bonds. The van der Waals surface area contributed by atoms with Gasteiger partial charge < -0.3 is 20.9 Å². The minimum Gasteiger partial charge on any atom is -0.494 e. The number of carboxylic acids is 1. The maximum absolute atomic E-state index is 14.7. The first-order valence-corrected chi connectivity index (χ1v) is 13.1. The first kappa shape index (κ1) is 26.9. The molecule has 4 aromatic rings. The molecule has 0 aliphatic carbocycles. The molecule has 0 saturated carbocycles. The molecule has 1 aliphatic rings. The van der Waals surface area contributed by atoms with E-state index in [0.29, 0.717) is 29.8 Å². The molecular weight excluding hydrogens is 513 g/mol. The summed E-state index contributed by atoms with van der Waals surface area (Å²) in [7, 11) is 1.35. The van der Waals surface area contributed by atoms with Crippen LogP contribution in [0.25, 0.3) is 11.3 Å². The molecule has 0 radical (unpaired) electrons. The molecule has 0 fully saturated rings. The van der Waals surface area contributed by atoms with E-state index in [1.165, 1.54) is 24.8 Å². The van der Waals surface area contributed by atoms with Gasteiger partial charge in [0.1, 0.15) is 5.82 Å². The number of primary amides is 1. The molecule has 0 bridgehead atoms. The maximum atomic E-state index is 14.7. The number of fused-ring (bicyclic) bond motifs is 1. The molecule has 2 aromatic carbocycles. The van der Waals surface area contributed by atoms with E-state index in [4.69, 9.17) is 20.6 Å². The second kappa shape index (κ2) is 11.6. The third kappa shape index (κ3) is 5.51. The normalized spacial score (nSPS) is 13.2. The van der Waals surface area contributed by atoms with Crippen molar-refractivity contribution in [2.75, 3.05) is 19.0 Å². The standard InChI is InChI=1S/C30H30FN5O4/c1-40-24-12-10-20(16-23(24)31)22(17-25(37)38)27-26(29(32)39)28(18-6-3-2-4-7-18)36(35-27)15-13-21-11-9-19-8-5-14-33-30(19)34-21/h2-4,6-7,9-12,16,22H,5,8,13-15,17H2,1H3,(H2,32,39)(H,33,34)(H,37,38)/t22-/m0/s1. The van der Waals surface area contributed by atoms with Crippen molar-refractivity contribution in [3.63, 3.8) is 0 Å². The van der Waals surface area contributed by atoms with Crippen LogP contribution in [0.2, 0.25) is 0 Å². The number of aryl methyl sites for hydroxylation is 3. The minimum absolute atomic E-state index is 0.0236. The molecule has 1 aliphatic heterocycles. The number of aliphatic carboxylic acids is 1. The van der Waals surface area contributed by atoms with Crippen LogP contribution in [-0.4, -0.2) is 45.4 Å². The number of ether oxygens (including phenoxy) is 1. The molecule has 9 nitrogen and oxygen atoms in total. The molecule has 40 heavy (non-hydrogen) atoms. The van der Waals surface area contributed by atoms with Crippen molar-refractivity contribution in [1.29, 1.82) is 0 Å². The number of benzene rings is 2. The van der Waals surface area contributed by atoms with Crippen LogP contribution in [0.5, 0.6) is 5.75 Å². The second-order valence-electron chi connectivity index (χ2n) is 9.70. The zero-order valence-corrected chi connectivity index (χ0v) is 22.1. The average molecular weight is 544 g/mol. The van der Waals surface area contributed by atoms with E-state index in [2.05, 4.69) is 11.4 Å². The van der Waals surface area contributed by atoms with Crippen LogP contribution in [0.15, 0.2) is 60.7 Å². The van der Waals surface area contributed by atoms with Gasteiger partial charge in [0.15, 0.2) is 11.6 Å². The van der Waals surface area contributed by atoms with Gasteiger partial charge in [0.2, 0.25) is 0 Å². The molecule has 5 rings (SSSR count). The number of methoxy groups -OCH3 is 1. The number of rotatable bonds is 10. The van der Waals surface area contributed by atoms with Gasteiger partial charge in [-0.05, 0) is 42.2 Å². The lowest BCUT2D eigenvalue weighted by molar-refractivity contribution is -0.137. The van der Waals surface area contributed by atoms with Gasteiger partial charge >= 0.3 is 5.97 Å². The molecule has 3 heterocycles. The summed E-state index contributed by atoms with van der Waals surface area (Å²) in [6.07, 6.45) is 2.13. The predicted molar refractivity (Wildman–Crippen MR) is 148 cm³/mol. The van der Waals surface area contributed by atoms with Crippen LogP contribution in [0.1, 0.15) is 51.6 Å². The number of carboxylic acid groups (broad SMARTS) is 1. The van der Waals surface area contributed by atoms with E-state index >= 15 is 0 Å². The van der Waals surface area contributed by atoms with Crippen molar-refractivity contribution in [2.24, 2.45) is 5.73 Å². The lowest BCUT2D eigenvalue weighted by atomic mass is 9.88. The predicted octanol–water partition coefficient (Wildman–Crippen LogP) is 4.40. The molecular formula is C30H30FN5O4. The number of hydrogen-bond acceptors (Lipinski definition) is 6. The Kier molecular flexibility index (Phi) is 7.77.